The quantitative estimate of drug-likeness (QED) is 0.392. The summed E-state index contributed by atoms with van der Waals surface area (Å²) in [5.74, 6) is -0.470. The Labute approximate surface area is 212 Å². The van der Waals surface area contributed by atoms with Crippen molar-refractivity contribution in [2.45, 2.75) is 0 Å². The molecule has 4 aromatic rings. The number of likely N-dealkylation sites (N-methyl/N-ethyl adjacent to an activating group) is 1. The van der Waals surface area contributed by atoms with Crippen molar-refractivity contribution in [3.63, 3.8) is 0 Å². The third-order valence-electron chi connectivity index (χ3n) is 6.24. The molecule has 188 valence electrons. The lowest BCUT2D eigenvalue weighted by molar-refractivity contribution is -0.111. The monoisotopic (exact) mass is 499 g/mol. The van der Waals surface area contributed by atoms with Crippen LogP contribution in [0, 0.1) is 5.82 Å². The first-order chi connectivity index (χ1) is 17.9. The number of carbonyl (C=O) groups excluding carboxylic acids is 1. The molecular formula is C27H26FN7O2. The molecule has 37 heavy (non-hydrogen) atoms. The van der Waals surface area contributed by atoms with E-state index in [0.29, 0.717) is 33.8 Å². The lowest BCUT2D eigenvalue weighted by Gasteiger charge is -2.34. The van der Waals surface area contributed by atoms with Gasteiger partial charge in [-0.2, -0.15) is 4.98 Å². The van der Waals surface area contributed by atoms with Gasteiger partial charge < -0.3 is 20.4 Å². The third-order valence-corrected chi connectivity index (χ3v) is 6.24. The highest BCUT2D eigenvalue weighted by atomic mass is 19.1. The van der Waals surface area contributed by atoms with E-state index in [1.165, 1.54) is 22.8 Å². The van der Waals surface area contributed by atoms with Crippen molar-refractivity contribution in [3.05, 3.63) is 89.6 Å². The summed E-state index contributed by atoms with van der Waals surface area (Å²) in [5.41, 5.74) is 2.15. The summed E-state index contributed by atoms with van der Waals surface area (Å²) < 4.78 is 16.4. The Hall–Kier alpha value is -4.57. The van der Waals surface area contributed by atoms with Crippen molar-refractivity contribution in [3.8, 4) is 5.69 Å². The largest absolute Gasteiger partial charge is 0.367 e. The van der Waals surface area contributed by atoms with Crippen LogP contribution in [0.1, 0.15) is 0 Å². The molecule has 1 amide bonds. The van der Waals surface area contributed by atoms with Crippen molar-refractivity contribution >= 4 is 40.0 Å². The Morgan fingerprint density at radius 3 is 2.62 bits per heavy atom. The highest BCUT2D eigenvalue weighted by Crippen LogP contribution is 2.26. The van der Waals surface area contributed by atoms with Crippen LogP contribution < -0.4 is 21.1 Å². The van der Waals surface area contributed by atoms with E-state index in [-0.39, 0.29) is 23.2 Å². The minimum Gasteiger partial charge on any atom is -0.367 e. The molecule has 0 saturated carbocycles. The second-order valence-corrected chi connectivity index (χ2v) is 8.80. The Morgan fingerprint density at radius 1 is 1.05 bits per heavy atom. The summed E-state index contributed by atoms with van der Waals surface area (Å²) in [7, 11) is 2.06. The van der Waals surface area contributed by atoms with E-state index in [4.69, 9.17) is 0 Å². The maximum atomic E-state index is 15.0. The highest BCUT2D eigenvalue weighted by molar-refractivity contribution is 5.99. The number of anilines is 4. The van der Waals surface area contributed by atoms with E-state index >= 15 is 0 Å². The van der Waals surface area contributed by atoms with Gasteiger partial charge in [0.2, 0.25) is 11.9 Å². The summed E-state index contributed by atoms with van der Waals surface area (Å²) in [6.45, 7) is 6.76. The fourth-order valence-electron chi connectivity index (χ4n) is 4.26. The average molecular weight is 500 g/mol. The Kier molecular flexibility index (Phi) is 6.65. The van der Waals surface area contributed by atoms with Crippen molar-refractivity contribution in [2.75, 3.05) is 48.8 Å². The number of fused-ring (bicyclic) bond motifs is 1. The van der Waals surface area contributed by atoms with Gasteiger partial charge in [0.25, 0.3) is 5.56 Å². The second kappa shape index (κ2) is 10.2. The van der Waals surface area contributed by atoms with E-state index in [1.54, 1.807) is 48.7 Å². The second-order valence-electron chi connectivity index (χ2n) is 8.80. The van der Waals surface area contributed by atoms with E-state index in [0.717, 1.165) is 26.2 Å². The fraction of sp³-hybridized carbons (Fsp3) is 0.185. The molecular weight excluding hydrogens is 473 g/mol. The van der Waals surface area contributed by atoms with Gasteiger partial charge in [-0.3, -0.25) is 14.2 Å². The lowest BCUT2D eigenvalue weighted by atomic mass is 10.2. The molecule has 1 saturated heterocycles. The number of rotatable bonds is 6. The average Bonchev–Trinajstić information content (AvgIpc) is 2.89. The molecule has 1 aliphatic rings. The molecule has 0 aliphatic carbocycles. The third kappa shape index (κ3) is 5.19. The standard InChI is InChI=1S/C27H26FN7O2/c1-3-24(36)30-19-5-4-6-21(15-19)35-25(37)10-7-18-17-29-27(32-26(18)35)31-20-8-9-23(22(28)16-20)34-13-11-33(2)12-14-34/h3-10,15-17H,1,11-14H2,2H3,(H,30,36)(H,29,31,32). The predicted molar refractivity (Wildman–Crippen MR) is 143 cm³/mol. The summed E-state index contributed by atoms with van der Waals surface area (Å²) in [5, 5.41) is 6.38. The van der Waals surface area contributed by atoms with Crippen LogP contribution in [-0.4, -0.2) is 58.6 Å². The summed E-state index contributed by atoms with van der Waals surface area (Å²) in [6.07, 6.45) is 2.77. The van der Waals surface area contributed by atoms with Crippen LogP contribution in [0.3, 0.4) is 0 Å². The van der Waals surface area contributed by atoms with Crippen LogP contribution in [0.5, 0.6) is 0 Å². The first-order valence-electron chi connectivity index (χ1n) is 11.8. The number of halogens is 1. The Balaban J connectivity index is 1.46. The number of nitrogens with zero attached hydrogens (tertiary/aromatic N) is 5. The minimum absolute atomic E-state index is 0.217. The Bertz CT molecular complexity index is 1540. The molecule has 1 fully saturated rings. The molecule has 0 bridgehead atoms. The zero-order chi connectivity index (χ0) is 25.9. The molecule has 3 heterocycles. The van der Waals surface area contributed by atoms with E-state index < -0.39 is 0 Å². The molecule has 0 radical (unpaired) electrons. The molecule has 0 atom stereocenters. The van der Waals surface area contributed by atoms with Gasteiger partial charge in [-0.15, -0.1) is 0 Å². The van der Waals surface area contributed by atoms with Crippen LogP contribution in [0.4, 0.5) is 27.4 Å². The van der Waals surface area contributed by atoms with Gasteiger partial charge in [0.05, 0.1) is 11.4 Å². The van der Waals surface area contributed by atoms with E-state index in [9.17, 15) is 14.0 Å². The molecule has 0 unspecified atom stereocenters. The highest BCUT2D eigenvalue weighted by Gasteiger charge is 2.18. The number of pyridine rings is 1. The van der Waals surface area contributed by atoms with Gasteiger partial charge in [0, 0.05) is 55.2 Å². The van der Waals surface area contributed by atoms with Crippen LogP contribution in [0.15, 0.2) is 78.2 Å². The summed E-state index contributed by atoms with van der Waals surface area (Å²) in [6, 6.07) is 14.9. The maximum Gasteiger partial charge on any atom is 0.256 e. The van der Waals surface area contributed by atoms with Crippen LogP contribution in [0.25, 0.3) is 16.7 Å². The maximum absolute atomic E-state index is 15.0. The Morgan fingerprint density at radius 2 is 1.86 bits per heavy atom. The number of benzene rings is 2. The number of amides is 1. The minimum atomic E-state index is -0.359. The molecule has 2 N–H and O–H groups in total. The molecule has 10 heteroatoms. The number of piperazine rings is 1. The van der Waals surface area contributed by atoms with Crippen LogP contribution in [0.2, 0.25) is 0 Å². The normalized spacial score (nSPS) is 13.9. The number of hydrogen-bond donors (Lipinski definition) is 2. The zero-order valence-corrected chi connectivity index (χ0v) is 20.3. The van der Waals surface area contributed by atoms with Gasteiger partial charge in [0.1, 0.15) is 5.82 Å². The van der Waals surface area contributed by atoms with Gasteiger partial charge >= 0.3 is 0 Å². The van der Waals surface area contributed by atoms with Gasteiger partial charge in [-0.25, -0.2) is 9.37 Å². The summed E-state index contributed by atoms with van der Waals surface area (Å²) >= 11 is 0. The van der Waals surface area contributed by atoms with Crippen molar-refractivity contribution < 1.29 is 9.18 Å². The smallest absolute Gasteiger partial charge is 0.256 e. The topological polar surface area (TPSA) is 95.4 Å². The van der Waals surface area contributed by atoms with Gasteiger partial charge in [-0.1, -0.05) is 12.6 Å². The molecule has 2 aromatic carbocycles. The zero-order valence-electron chi connectivity index (χ0n) is 20.3. The van der Waals surface area contributed by atoms with Crippen molar-refractivity contribution in [2.24, 2.45) is 0 Å². The van der Waals surface area contributed by atoms with E-state index in [2.05, 4.69) is 39.1 Å². The van der Waals surface area contributed by atoms with Crippen LogP contribution >= 0.6 is 0 Å². The first kappa shape index (κ1) is 24.1. The number of nitrogens with one attached hydrogen (secondary N) is 2. The van der Waals surface area contributed by atoms with Gasteiger partial charge in [0.15, 0.2) is 5.65 Å². The molecule has 9 nitrogen and oxygen atoms in total. The SMILES string of the molecule is C=CC(=O)Nc1cccc(-n2c(=O)ccc3cnc(Nc4ccc(N5CCN(C)CC5)c(F)c4)nc32)c1. The first-order valence-corrected chi connectivity index (χ1v) is 11.8. The van der Waals surface area contributed by atoms with E-state index in [1.807, 2.05) is 4.90 Å². The van der Waals surface area contributed by atoms with Crippen LogP contribution in [-0.2, 0) is 4.79 Å². The molecule has 2 aromatic heterocycles. The van der Waals surface area contributed by atoms with Crippen molar-refractivity contribution in [1.29, 1.82) is 0 Å². The number of hydrogen-bond acceptors (Lipinski definition) is 7. The van der Waals surface area contributed by atoms with Gasteiger partial charge in [-0.05, 0) is 55.6 Å². The molecule has 1 aliphatic heterocycles. The molecule has 0 spiro atoms. The lowest BCUT2D eigenvalue weighted by Crippen LogP contribution is -2.44. The predicted octanol–water partition coefficient (Wildman–Crippen LogP) is 3.54. The fourth-order valence-corrected chi connectivity index (χ4v) is 4.26. The van der Waals surface area contributed by atoms with Crippen molar-refractivity contribution in [1.82, 2.24) is 19.4 Å². The number of aromatic nitrogens is 3. The molecule has 5 rings (SSSR count). The number of carbonyl (C=O) groups is 1. The summed E-state index contributed by atoms with van der Waals surface area (Å²) in [4.78, 5) is 37.7.